The second kappa shape index (κ2) is 16.2. The molecule has 336 valence electrons. The first-order chi connectivity index (χ1) is 34.3. The number of rotatable bonds is 8. The van der Waals surface area contributed by atoms with Crippen LogP contribution in [-0.4, -0.2) is 16.2 Å². The average Bonchev–Trinajstić information content (AvgIpc) is 4.05. The van der Waals surface area contributed by atoms with Gasteiger partial charge in [-0.2, -0.15) is 0 Å². The summed E-state index contributed by atoms with van der Waals surface area (Å²) in [5, 5.41) is 2.34. The summed E-state index contributed by atoms with van der Waals surface area (Å²) >= 11 is 0. The molecule has 0 spiro atoms. The first kappa shape index (κ1) is 41.5. The van der Waals surface area contributed by atoms with Gasteiger partial charge in [-0.15, -0.1) is 0 Å². The Morgan fingerprint density at radius 3 is 1.86 bits per heavy atom. The molecule has 2 aromatic heterocycles. The molecule has 0 N–H and O–H groups in total. The Morgan fingerprint density at radius 2 is 1.09 bits per heavy atom. The fourth-order valence-electron chi connectivity index (χ4n) is 11.3. The van der Waals surface area contributed by atoms with Crippen LogP contribution in [0.2, 0.25) is 0 Å². The van der Waals surface area contributed by atoms with E-state index in [-0.39, 0.29) is 5.41 Å². The smallest absolute Gasteiger partial charge is 0.137 e. The molecular weight excluding hydrogens is 853 g/mol. The molecular formula is C65H50N4O. The van der Waals surface area contributed by atoms with E-state index in [0.717, 1.165) is 56.5 Å². The number of para-hydroxylation sites is 4. The van der Waals surface area contributed by atoms with Gasteiger partial charge in [-0.25, -0.2) is 4.98 Å². The lowest BCUT2D eigenvalue weighted by atomic mass is 9.67. The summed E-state index contributed by atoms with van der Waals surface area (Å²) in [5.41, 5.74) is 17.4. The van der Waals surface area contributed by atoms with Crippen LogP contribution >= 0.6 is 0 Å². The highest BCUT2D eigenvalue weighted by Gasteiger charge is 2.46. The van der Waals surface area contributed by atoms with Crippen LogP contribution in [0.5, 0.6) is 11.5 Å². The molecule has 1 aliphatic carbocycles. The number of benzene rings is 9. The second-order valence-corrected chi connectivity index (χ2v) is 19.6. The van der Waals surface area contributed by atoms with Crippen molar-refractivity contribution >= 4 is 44.6 Å². The van der Waals surface area contributed by atoms with Gasteiger partial charge >= 0.3 is 0 Å². The van der Waals surface area contributed by atoms with Crippen molar-refractivity contribution in [2.45, 2.75) is 31.6 Å². The van der Waals surface area contributed by atoms with Crippen LogP contribution < -0.4 is 14.5 Å². The number of pyridine rings is 1. The SMILES string of the molecule is CC(C)(C)c1ccnc(-n2c3ccccc3c3ccc(Oc4cccc(N5CN(c6ccccc6-c6ccc7c(c6)C(c6ccccc6)(c6ccccc6)c6ccccc6-7)c6ccccc65)c4)cc32)c1. The molecule has 70 heavy (non-hydrogen) atoms. The van der Waals surface area contributed by atoms with E-state index in [9.17, 15) is 0 Å². The molecule has 0 bridgehead atoms. The number of aromatic nitrogens is 2. The minimum Gasteiger partial charge on any atom is -0.457 e. The first-order valence-electron chi connectivity index (χ1n) is 24.2. The molecule has 0 atom stereocenters. The van der Waals surface area contributed by atoms with Crippen molar-refractivity contribution in [3.8, 4) is 39.6 Å². The molecule has 1 aliphatic heterocycles. The summed E-state index contributed by atoms with van der Waals surface area (Å²) in [4.78, 5) is 9.74. The fraction of sp³-hybridized carbons (Fsp3) is 0.0923. The summed E-state index contributed by atoms with van der Waals surface area (Å²) < 4.78 is 9.06. The first-order valence-corrected chi connectivity index (χ1v) is 24.2. The molecule has 0 amide bonds. The summed E-state index contributed by atoms with van der Waals surface area (Å²) in [5.74, 6) is 2.42. The van der Waals surface area contributed by atoms with E-state index in [1.165, 1.54) is 55.5 Å². The van der Waals surface area contributed by atoms with E-state index in [1.54, 1.807) is 0 Å². The minimum atomic E-state index is -0.483. The molecule has 13 rings (SSSR count). The van der Waals surface area contributed by atoms with Gasteiger partial charge in [-0.05, 0) is 117 Å². The number of nitrogens with zero attached hydrogens (tertiary/aromatic N) is 4. The molecule has 2 aliphatic rings. The van der Waals surface area contributed by atoms with Crippen LogP contribution in [0, 0.1) is 0 Å². The largest absolute Gasteiger partial charge is 0.457 e. The van der Waals surface area contributed by atoms with Gasteiger partial charge in [0.15, 0.2) is 0 Å². The number of fused-ring (bicyclic) bond motifs is 7. The third-order valence-corrected chi connectivity index (χ3v) is 14.6. The second-order valence-electron chi connectivity index (χ2n) is 19.6. The number of anilines is 4. The van der Waals surface area contributed by atoms with Crippen LogP contribution in [-0.2, 0) is 10.8 Å². The van der Waals surface area contributed by atoms with E-state index in [2.05, 4.69) is 260 Å². The van der Waals surface area contributed by atoms with Crippen molar-refractivity contribution in [3.63, 3.8) is 0 Å². The third kappa shape index (κ3) is 6.57. The van der Waals surface area contributed by atoms with Crippen LogP contribution in [0.4, 0.5) is 22.7 Å². The molecule has 11 aromatic rings. The maximum Gasteiger partial charge on any atom is 0.137 e. The molecule has 0 radical (unpaired) electrons. The molecule has 3 heterocycles. The van der Waals surface area contributed by atoms with Gasteiger partial charge in [0.1, 0.15) is 24.0 Å². The lowest BCUT2D eigenvalue weighted by molar-refractivity contribution is 0.483. The highest BCUT2D eigenvalue weighted by atomic mass is 16.5. The highest BCUT2D eigenvalue weighted by molar-refractivity contribution is 6.09. The van der Waals surface area contributed by atoms with E-state index < -0.39 is 5.41 Å². The van der Waals surface area contributed by atoms with Gasteiger partial charge in [0.2, 0.25) is 0 Å². The quantitative estimate of drug-likeness (QED) is 0.152. The standard InChI is InChI=1S/C65H50N4O/c1-64(2,3)47-37-38-66-63(40-47)69-59-30-15-12-27-54(59)55-36-34-50(42-62(55)69)70-49-24-18-23-48(41-49)67-43-68(61-32-17-16-31-60(61)67)58-29-14-11-25-51(58)44-33-35-53-52-26-10-13-28-56(52)65(57(53)39-44,45-19-6-4-7-20-45)46-21-8-5-9-22-46/h4-42H,43H2,1-3H3. The summed E-state index contributed by atoms with van der Waals surface area (Å²) in [6.07, 6.45) is 1.92. The van der Waals surface area contributed by atoms with Crippen LogP contribution in [0.1, 0.15) is 48.6 Å². The van der Waals surface area contributed by atoms with Gasteiger partial charge in [-0.1, -0.05) is 172 Å². The van der Waals surface area contributed by atoms with Gasteiger partial charge in [0, 0.05) is 40.4 Å². The zero-order valence-corrected chi connectivity index (χ0v) is 39.4. The molecule has 5 nitrogen and oxygen atoms in total. The molecule has 0 saturated heterocycles. The number of hydrogen-bond donors (Lipinski definition) is 0. The molecule has 0 unspecified atom stereocenters. The van der Waals surface area contributed by atoms with Gasteiger partial charge in [-0.3, -0.25) is 4.57 Å². The monoisotopic (exact) mass is 902 g/mol. The normalized spacial score (nSPS) is 13.6. The lowest BCUT2D eigenvalue weighted by Crippen LogP contribution is -2.28. The Bertz CT molecular complexity index is 3750. The van der Waals surface area contributed by atoms with E-state index >= 15 is 0 Å². The summed E-state index contributed by atoms with van der Waals surface area (Å²) in [7, 11) is 0. The Kier molecular flexibility index (Phi) is 9.63. The maximum atomic E-state index is 6.79. The zero-order valence-electron chi connectivity index (χ0n) is 39.4. The van der Waals surface area contributed by atoms with Crippen molar-refractivity contribution in [1.29, 1.82) is 0 Å². The molecule has 5 heteroatoms. The topological polar surface area (TPSA) is 33.5 Å². The highest BCUT2D eigenvalue weighted by Crippen LogP contribution is 2.57. The lowest BCUT2D eigenvalue weighted by Gasteiger charge is -2.34. The van der Waals surface area contributed by atoms with Crippen molar-refractivity contribution in [2.24, 2.45) is 0 Å². The van der Waals surface area contributed by atoms with E-state index in [0.29, 0.717) is 6.67 Å². The minimum absolute atomic E-state index is 0.0127. The van der Waals surface area contributed by atoms with Crippen molar-refractivity contribution in [2.75, 3.05) is 16.5 Å². The van der Waals surface area contributed by atoms with E-state index in [4.69, 9.17) is 9.72 Å². The molecule has 0 saturated carbocycles. The average molecular weight is 903 g/mol. The van der Waals surface area contributed by atoms with Crippen molar-refractivity contribution < 1.29 is 4.74 Å². The predicted octanol–water partition coefficient (Wildman–Crippen LogP) is 16.5. The van der Waals surface area contributed by atoms with Gasteiger partial charge < -0.3 is 14.5 Å². The Balaban J connectivity index is 0.865. The third-order valence-electron chi connectivity index (χ3n) is 14.6. The van der Waals surface area contributed by atoms with E-state index in [1.807, 2.05) is 12.3 Å². The van der Waals surface area contributed by atoms with Crippen LogP contribution in [0.3, 0.4) is 0 Å². The Morgan fingerprint density at radius 1 is 0.457 bits per heavy atom. The zero-order chi connectivity index (χ0) is 47.0. The maximum absolute atomic E-state index is 6.79. The van der Waals surface area contributed by atoms with Gasteiger partial charge in [0.25, 0.3) is 0 Å². The number of ether oxygens (including phenoxy) is 1. The Labute approximate surface area is 409 Å². The molecule has 0 fully saturated rings. The van der Waals surface area contributed by atoms with Crippen molar-refractivity contribution in [3.05, 3.63) is 265 Å². The fourth-order valence-corrected chi connectivity index (χ4v) is 11.3. The number of hydrogen-bond acceptors (Lipinski definition) is 4. The summed E-state index contributed by atoms with van der Waals surface area (Å²) in [6.45, 7) is 7.35. The van der Waals surface area contributed by atoms with Gasteiger partial charge in [0.05, 0.1) is 33.5 Å². The van der Waals surface area contributed by atoms with Crippen LogP contribution in [0.15, 0.2) is 237 Å². The van der Waals surface area contributed by atoms with Crippen molar-refractivity contribution in [1.82, 2.24) is 9.55 Å². The molecule has 9 aromatic carbocycles. The summed E-state index contributed by atoms with van der Waals surface area (Å²) in [6, 6.07) is 83.6. The van der Waals surface area contributed by atoms with Crippen LogP contribution in [0.25, 0.3) is 49.9 Å². The predicted molar refractivity (Wildman–Crippen MR) is 289 cm³/mol. The Hall–Kier alpha value is -8.67.